The molecule has 1 aromatic heterocycles. The van der Waals surface area contributed by atoms with E-state index in [-0.39, 0.29) is 31.0 Å². The van der Waals surface area contributed by atoms with Gasteiger partial charge in [-0.2, -0.15) is 0 Å². The summed E-state index contributed by atoms with van der Waals surface area (Å²) in [4.78, 5) is 28.7. The van der Waals surface area contributed by atoms with E-state index in [1.165, 1.54) is 5.56 Å². The van der Waals surface area contributed by atoms with Gasteiger partial charge in [0.25, 0.3) is 0 Å². The maximum Gasteiger partial charge on any atom is 0.222 e. The molecule has 1 aliphatic rings. The third-order valence-electron chi connectivity index (χ3n) is 5.94. The molecule has 8 heteroatoms. The molecule has 4 rings (SSSR count). The number of carbonyl (C=O) groups excluding carboxylic acids is 2. The van der Waals surface area contributed by atoms with Crippen molar-refractivity contribution in [1.82, 2.24) is 15.2 Å². The summed E-state index contributed by atoms with van der Waals surface area (Å²) in [5.74, 6) is 0.362. The molecule has 1 aliphatic heterocycles. The number of aliphatic hydroxyl groups excluding tert-OH is 1. The number of hydrogen-bond donors (Lipinski definition) is 3. The number of ether oxygens (including phenoxy) is 1. The molecule has 0 saturated heterocycles. The molecular weight excluding hydrogens is 442 g/mol. The minimum absolute atomic E-state index is 0.0640. The number of nitrogens with one attached hydrogen (secondary N) is 2. The van der Waals surface area contributed by atoms with Gasteiger partial charge in [-0.1, -0.05) is 37.6 Å². The van der Waals surface area contributed by atoms with E-state index in [9.17, 15) is 14.7 Å². The Kier molecular flexibility index (Phi) is 6.91. The van der Waals surface area contributed by atoms with Crippen LogP contribution in [0.4, 0.5) is 0 Å². The molecule has 0 aliphatic carbocycles. The molecule has 2 amide bonds. The monoisotopic (exact) mass is 469 g/mol. The molecule has 7 nitrogen and oxygen atoms in total. The second kappa shape index (κ2) is 9.85. The minimum Gasteiger partial charge on any atom is -0.491 e. The number of amides is 2. The number of H-pyrrole nitrogens is 1. The van der Waals surface area contributed by atoms with Gasteiger partial charge in [0.05, 0.1) is 6.04 Å². The fourth-order valence-corrected chi connectivity index (χ4v) is 4.34. The van der Waals surface area contributed by atoms with Crippen molar-refractivity contribution >= 4 is 34.8 Å². The normalized spacial score (nSPS) is 16.5. The standard InChI is InChI=1S/C25H28ClN3O4/c1-15(2)25(32)27-12-18(31)13-33-19-6-3-16(4-7-19)24-23-20(9-10-29(24)14-30)21-11-17(26)5-8-22(21)28-23/h3-8,11,14-15,18,24,28,31H,9-10,12-13H2,1-2H3,(H,27,32). The number of halogens is 1. The molecule has 0 saturated carbocycles. The topological polar surface area (TPSA) is 94.7 Å². The van der Waals surface area contributed by atoms with Gasteiger partial charge in [-0.05, 0) is 47.9 Å². The average Bonchev–Trinajstić information content (AvgIpc) is 3.18. The van der Waals surface area contributed by atoms with Crippen molar-refractivity contribution in [3.63, 3.8) is 0 Å². The van der Waals surface area contributed by atoms with Crippen molar-refractivity contribution in [3.8, 4) is 5.75 Å². The average molecular weight is 470 g/mol. The summed E-state index contributed by atoms with van der Waals surface area (Å²) in [7, 11) is 0. The Balaban J connectivity index is 1.48. The Bertz CT molecular complexity index is 1140. The van der Waals surface area contributed by atoms with Gasteiger partial charge in [0.2, 0.25) is 12.3 Å². The van der Waals surface area contributed by atoms with Crippen molar-refractivity contribution in [2.24, 2.45) is 5.92 Å². The lowest BCUT2D eigenvalue weighted by Crippen LogP contribution is -2.37. The molecule has 3 aromatic rings. The molecule has 0 radical (unpaired) electrons. The Labute approximate surface area is 197 Å². The molecule has 2 atom stereocenters. The summed E-state index contributed by atoms with van der Waals surface area (Å²) in [5.41, 5.74) is 4.14. The number of carbonyl (C=O) groups is 2. The summed E-state index contributed by atoms with van der Waals surface area (Å²) in [5, 5.41) is 14.5. The zero-order valence-electron chi connectivity index (χ0n) is 18.7. The number of aliphatic hydroxyl groups is 1. The van der Waals surface area contributed by atoms with E-state index in [0.717, 1.165) is 35.0 Å². The van der Waals surface area contributed by atoms with Gasteiger partial charge in [0.1, 0.15) is 18.5 Å². The van der Waals surface area contributed by atoms with Crippen LogP contribution in [0.15, 0.2) is 42.5 Å². The second-order valence-corrected chi connectivity index (χ2v) is 9.07. The lowest BCUT2D eigenvalue weighted by molar-refractivity contribution is -0.124. The zero-order chi connectivity index (χ0) is 23.5. The van der Waals surface area contributed by atoms with E-state index < -0.39 is 6.10 Å². The van der Waals surface area contributed by atoms with E-state index in [1.54, 1.807) is 18.7 Å². The number of aromatic nitrogens is 1. The van der Waals surface area contributed by atoms with Crippen molar-refractivity contribution in [3.05, 3.63) is 64.3 Å². The van der Waals surface area contributed by atoms with Crippen LogP contribution in [0.1, 0.15) is 36.7 Å². The van der Waals surface area contributed by atoms with Gasteiger partial charge < -0.3 is 25.0 Å². The van der Waals surface area contributed by atoms with E-state index in [1.807, 2.05) is 42.5 Å². The first kappa shape index (κ1) is 23.1. The van der Waals surface area contributed by atoms with Gasteiger partial charge in [-0.15, -0.1) is 0 Å². The lowest BCUT2D eigenvalue weighted by Gasteiger charge is -2.33. The van der Waals surface area contributed by atoms with Gasteiger partial charge in [-0.25, -0.2) is 0 Å². The highest BCUT2D eigenvalue weighted by Crippen LogP contribution is 2.38. The largest absolute Gasteiger partial charge is 0.491 e. The van der Waals surface area contributed by atoms with E-state index in [2.05, 4.69) is 10.3 Å². The second-order valence-electron chi connectivity index (χ2n) is 8.64. The summed E-state index contributed by atoms with van der Waals surface area (Å²) < 4.78 is 5.68. The van der Waals surface area contributed by atoms with Crippen LogP contribution in [0.5, 0.6) is 5.75 Å². The molecule has 2 heterocycles. The summed E-state index contributed by atoms with van der Waals surface area (Å²) in [6.07, 6.45) is 0.840. The van der Waals surface area contributed by atoms with Crippen molar-refractivity contribution in [2.45, 2.75) is 32.4 Å². The fourth-order valence-electron chi connectivity index (χ4n) is 4.17. The summed E-state index contributed by atoms with van der Waals surface area (Å²) >= 11 is 6.21. The number of fused-ring (bicyclic) bond motifs is 3. The fraction of sp³-hybridized carbons (Fsp3) is 0.360. The van der Waals surface area contributed by atoms with E-state index in [4.69, 9.17) is 16.3 Å². The summed E-state index contributed by atoms with van der Waals surface area (Å²) in [6, 6.07) is 13.1. The number of hydrogen-bond acceptors (Lipinski definition) is 4. The van der Waals surface area contributed by atoms with Crippen LogP contribution in [0, 0.1) is 5.92 Å². The van der Waals surface area contributed by atoms with Gasteiger partial charge in [0, 0.05) is 40.6 Å². The first-order valence-electron chi connectivity index (χ1n) is 11.1. The molecule has 0 fully saturated rings. The Morgan fingerprint density at radius 2 is 2.06 bits per heavy atom. The smallest absolute Gasteiger partial charge is 0.222 e. The van der Waals surface area contributed by atoms with Crippen LogP contribution in [0.3, 0.4) is 0 Å². The molecule has 2 unspecified atom stereocenters. The number of rotatable bonds is 8. The molecule has 0 bridgehead atoms. The maximum atomic E-state index is 11.8. The predicted octanol–water partition coefficient (Wildman–Crippen LogP) is 3.44. The maximum absolute atomic E-state index is 11.8. The molecular formula is C25H28ClN3O4. The molecule has 2 aromatic carbocycles. The van der Waals surface area contributed by atoms with Crippen LogP contribution in [0.2, 0.25) is 5.02 Å². The van der Waals surface area contributed by atoms with Gasteiger partial charge in [-0.3, -0.25) is 9.59 Å². The molecule has 33 heavy (non-hydrogen) atoms. The SMILES string of the molecule is CC(C)C(=O)NCC(O)COc1ccc(C2c3[nH]c4ccc(Cl)cc4c3CCN2C=O)cc1. The van der Waals surface area contributed by atoms with Crippen LogP contribution >= 0.6 is 11.6 Å². The van der Waals surface area contributed by atoms with Crippen LogP contribution in [-0.2, 0) is 16.0 Å². The third-order valence-corrected chi connectivity index (χ3v) is 6.17. The first-order valence-corrected chi connectivity index (χ1v) is 11.4. The van der Waals surface area contributed by atoms with Crippen molar-refractivity contribution < 1.29 is 19.4 Å². The van der Waals surface area contributed by atoms with Crippen molar-refractivity contribution in [2.75, 3.05) is 19.7 Å². The minimum atomic E-state index is -0.808. The van der Waals surface area contributed by atoms with Crippen LogP contribution < -0.4 is 10.1 Å². The van der Waals surface area contributed by atoms with Gasteiger partial charge >= 0.3 is 0 Å². The van der Waals surface area contributed by atoms with Gasteiger partial charge in [0.15, 0.2) is 0 Å². The number of benzene rings is 2. The Morgan fingerprint density at radius 3 is 2.76 bits per heavy atom. The predicted molar refractivity (Wildman–Crippen MR) is 127 cm³/mol. The number of aromatic amines is 1. The third kappa shape index (κ3) is 4.99. The van der Waals surface area contributed by atoms with E-state index >= 15 is 0 Å². The number of nitrogens with zero attached hydrogens (tertiary/aromatic N) is 1. The highest BCUT2D eigenvalue weighted by atomic mass is 35.5. The van der Waals surface area contributed by atoms with E-state index in [0.29, 0.717) is 17.3 Å². The van der Waals surface area contributed by atoms with Crippen molar-refractivity contribution in [1.29, 1.82) is 0 Å². The summed E-state index contributed by atoms with van der Waals surface area (Å²) in [6.45, 7) is 4.41. The zero-order valence-corrected chi connectivity index (χ0v) is 19.4. The first-order chi connectivity index (χ1) is 15.9. The highest BCUT2D eigenvalue weighted by Gasteiger charge is 2.31. The molecule has 3 N–H and O–H groups in total. The van der Waals surface area contributed by atoms with Crippen LogP contribution in [0.25, 0.3) is 10.9 Å². The quantitative estimate of drug-likeness (QED) is 0.440. The molecule has 0 spiro atoms. The van der Waals surface area contributed by atoms with Crippen LogP contribution in [-0.4, -0.2) is 53.1 Å². The highest BCUT2D eigenvalue weighted by molar-refractivity contribution is 6.31. The Morgan fingerprint density at radius 1 is 1.30 bits per heavy atom. The molecule has 174 valence electrons. The lowest BCUT2D eigenvalue weighted by atomic mass is 9.93. The Hall–Kier alpha value is -3.03.